The van der Waals surface area contributed by atoms with Crippen LogP contribution < -0.4 is 5.32 Å². The second-order valence-electron chi connectivity index (χ2n) is 6.72. The molecule has 1 atom stereocenters. The molecule has 0 radical (unpaired) electrons. The Morgan fingerprint density at radius 2 is 2.04 bits per heavy atom. The third-order valence-corrected chi connectivity index (χ3v) is 4.10. The molecule has 3 aromatic rings. The molecule has 3 rings (SSSR count). The van der Waals surface area contributed by atoms with Crippen molar-refractivity contribution in [2.24, 2.45) is 7.05 Å². The lowest BCUT2D eigenvalue weighted by Gasteiger charge is -2.22. The van der Waals surface area contributed by atoms with Crippen LogP contribution in [-0.4, -0.2) is 36.2 Å². The number of hydrogen-bond acceptors (Lipinski definition) is 5. The molecule has 128 valence electrons. The lowest BCUT2D eigenvalue weighted by molar-refractivity contribution is 0.0566. The van der Waals surface area contributed by atoms with Crippen molar-refractivity contribution in [3.8, 4) is 0 Å². The third kappa shape index (κ3) is 3.32. The van der Waals surface area contributed by atoms with Crippen LogP contribution in [0, 0.1) is 0 Å². The van der Waals surface area contributed by atoms with E-state index in [1.165, 1.54) is 0 Å². The number of pyridine rings is 1. The van der Waals surface area contributed by atoms with Gasteiger partial charge in [-0.1, -0.05) is 0 Å². The van der Waals surface area contributed by atoms with E-state index in [-0.39, 0.29) is 6.04 Å². The van der Waals surface area contributed by atoms with Gasteiger partial charge in [0.2, 0.25) is 0 Å². The molecule has 0 saturated heterocycles. The SMILES string of the molecule is CC(C)n1ncc2cc(CNCC(C)(O)c3cnn(C)c3)cnc21. The lowest BCUT2D eigenvalue weighted by Crippen LogP contribution is -2.34. The normalized spacial score (nSPS) is 14.4. The highest BCUT2D eigenvalue weighted by atomic mass is 16.3. The first-order valence-electron chi connectivity index (χ1n) is 8.11. The van der Waals surface area contributed by atoms with Crippen LogP contribution in [0.2, 0.25) is 0 Å². The van der Waals surface area contributed by atoms with Gasteiger partial charge in [0, 0.05) is 49.5 Å². The van der Waals surface area contributed by atoms with Crippen LogP contribution in [0.4, 0.5) is 0 Å². The van der Waals surface area contributed by atoms with Crippen LogP contribution in [-0.2, 0) is 19.2 Å². The fourth-order valence-electron chi connectivity index (χ4n) is 2.71. The van der Waals surface area contributed by atoms with Crippen molar-refractivity contribution in [3.63, 3.8) is 0 Å². The fraction of sp³-hybridized carbons (Fsp3) is 0.471. The summed E-state index contributed by atoms with van der Waals surface area (Å²) in [7, 11) is 1.84. The maximum atomic E-state index is 10.6. The molecule has 3 heterocycles. The minimum absolute atomic E-state index is 0.286. The summed E-state index contributed by atoms with van der Waals surface area (Å²) >= 11 is 0. The predicted octanol–water partition coefficient (Wildman–Crippen LogP) is 1.74. The van der Waals surface area contributed by atoms with E-state index in [0.29, 0.717) is 13.1 Å². The van der Waals surface area contributed by atoms with Crippen molar-refractivity contribution in [1.29, 1.82) is 0 Å². The smallest absolute Gasteiger partial charge is 0.157 e. The second kappa shape index (κ2) is 6.33. The molecule has 1 unspecified atom stereocenters. The van der Waals surface area contributed by atoms with Gasteiger partial charge in [-0.3, -0.25) is 4.68 Å². The van der Waals surface area contributed by atoms with E-state index in [9.17, 15) is 5.11 Å². The molecule has 0 spiro atoms. The van der Waals surface area contributed by atoms with Crippen LogP contribution in [0.1, 0.15) is 37.9 Å². The molecule has 0 saturated carbocycles. The van der Waals surface area contributed by atoms with Gasteiger partial charge in [-0.05, 0) is 32.4 Å². The van der Waals surface area contributed by atoms with Crippen LogP contribution in [0.3, 0.4) is 0 Å². The zero-order chi connectivity index (χ0) is 17.3. The molecular formula is C17H24N6O. The molecule has 0 aliphatic rings. The molecule has 0 aromatic carbocycles. The molecule has 0 aliphatic carbocycles. The van der Waals surface area contributed by atoms with Gasteiger partial charge >= 0.3 is 0 Å². The maximum absolute atomic E-state index is 10.6. The van der Waals surface area contributed by atoms with E-state index in [4.69, 9.17) is 0 Å². The summed E-state index contributed by atoms with van der Waals surface area (Å²) in [6.45, 7) is 7.02. The molecule has 0 amide bonds. The van der Waals surface area contributed by atoms with Crippen molar-refractivity contribution in [1.82, 2.24) is 29.9 Å². The van der Waals surface area contributed by atoms with E-state index in [1.54, 1.807) is 17.8 Å². The van der Waals surface area contributed by atoms with E-state index >= 15 is 0 Å². The van der Waals surface area contributed by atoms with Gasteiger partial charge in [0.05, 0.1) is 12.4 Å². The average Bonchev–Trinajstić information content (AvgIpc) is 3.13. The molecule has 3 aromatic heterocycles. The van der Waals surface area contributed by atoms with Crippen LogP contribution in [0.15, 0.2) is 30.9 Å². The minimum atomic E-state index is -0.964. The first kappa shape index (κ1) is 16.6. The van der Waals surface area contributed by atoms with Crippen molar-refractivity contribution >= 4 is 11.0 Å². The zero-order valence-corrected chi connectivity index (χ0v) is 14.6. The Kier molecular flexibility index (Phi) is 4.38. The molecular weight excluding hydrogens is 304 g/mol. The monoisotopic (exact) mass is 328 g/mol. The summed E-state index contributed by atoms with van der Waals surface area (Å²) in [5, 5.41) is 23.4. The second-order valence-corrected chi connectivity index (χ2v) is 6.72. The quantitative estimate of drug-likeness (QED) is 0.720. The number of hydrogen-bond donors (Lipinski definition) is 2. The largest absolute Gasteiger partial charge is 0.384 e. The Hall–Kier alpha value is -2.25. The van der Waals surface area contributed by atoms with Crippen LogP contribution >= 0.6 is 0 Å². The number of aliphatic hydroxyl groups is 1. The zero-order valence-electron chi connectivity index (χ0n) is 14.6. The first-order valence-corrected chi connectivity index (χ1v) is 8.11. The highest BCUT2D eigenvalue weighted by molar-refractivity contribution is 5.75. The molecule has 7 heteroatoms. The Morgan fingerprint density at radius 1 is 1.25 bits per heavy atom. The fourth-order valence-corrected chi connectivity index (χ4v) is 2.71. The Bertz CT molecular complexity index is 833. The summed E-state index contributed by atoms with van der Waals surface area (Å²) in [4.78, 5) is 4.52. The minimum Gasteiger partial charge on any atom is -0.384 e. The van der Waals surface area contributed by atoms with E-state index in [1.807, 2.05) is 30.3 Å². The molecule has 0 bridgehead atoms. The highest BCUT2D eigenvalue weighted by Gasteiger charge is 2.24. The molecule has 24 heavy (non-hydrogen) atoms. The number of nitrogens with one attached hydrogen (secondary N) is 1. The van der Waals surface area contributed by atoms with Gasteiger partial charge < -0.3 is 10.4 Å². The van der Waals surface area contributed by atoms with Gasteiger partial charge in [0.15, 0.2) is 5.65 Å². The van der Waals surface area contributed by atoms with Crippen LogP contribution in [0.25, 0.3) is 11.0 Å². The molecule has 0 aliphatic heterocycles. The standard InChI is InChI=1S/C17H24N6O/c1-12(2)23-16-14(8-21-23)5-13(7-19-16)6-18-11-17(3,24)15-9-20-22(4)10-15/h5,7-10,12,18,24H,6,11H2,1-4H3. The topological polar surface area (TPSA) is 80.8 Å². The first-order chi connectivity index (χ1) is 11.4. The summed E-state index contributed by atoms with van der Waals surface area (Å²) in [6, 6.07) is 2.37. The van der Waals surface area contributed by atoms with Gasteiger partial charge in [-0.25, -0.2) is 9.67 Å². The highest BCUT2D eigenvalue weighted by Crippen LogP contribution is 2.19. The average molecular weight is 328 g/mol. The summed E-state index contributed by atoms with van der Waals surface area (Å²) in [6.07, 6.45) is 7.22. The Morgan fingerprint density at radius 3 is 2.71 bits per heavy atom. The molecule has 2 N–H and O–H groups in total. The number of rotatable bonds is 6. The van der Waals surface area contributed by atoms with Gasteiger partial charge in [0.1, 0.15) is 5.60 Å². The van der Waals surface area contributed by atoms with E-state index in [0.717, 1.165) is 22.2 Å². The van der Waals surface area contributed by atoms with Gasteiger partial charge in [-0.2, -0.15) is 10.2 Å². The Labute approximate surface area is 141 Å². The number of fused-ring (bicyclic) bond motifs is 1. The van der Waals surface area contributed by atoms with Crippen molar-refractivity contribution in [2.75, 3.05) is 6.54 Å². The van der Waals surface area contributed by atoms with Gasteiger partial charge in [-0.15, -0.1) is 0 Å². The third-order valence-electron chi connectivity index (χ3n) is 4.10. The van der Waals surface area contributed by atoms with Crippen molar-refractivity contribution in [3.05, 3.63) is 42.0 Å². The number of aromatic nitrogens is 5. The molecule has 0 fully saturated rings. The van der Waals surface area contributed by atoms with E-state index in [2.05, 4.69) is 40.4 Å². The van der Waals surface area contributed by atoms with Gasteiger partial charge in [0.25, 0.3) is 0 Å². The summed E-state index contributed by atoms with van der Waals surface area (Å²) in [5.41, 5.74) is 1.79. The lowest BCUT2D eigenvalue weighted by atomic mass is 10.00. The van der Waals surface area contributed by atoms with Crippen LogP contribution in [0.5, 0.6) is 0 Å². The predicted molar refractivity (Wildman–Crippen MR) is 92.4 cm³/mol. The summed E-state index contributed by atoms with van der Waals surface area (Å²) in [5.74, 6) is 0. The number of aryl methyl sites for hydroxylation is 1. The maximum Gasteiger partial charge on any atom is 0.157 e. The van der Waals surface area contributed by atoms with E-state index < -0.39 is 5.60 Å². The molecule has 7 nitrogen and oxygen atoms in total. The van der Waals surface area contributed by atoms with Crippen molar-refractivity contribution in [2.45, 2.75) is 39.0 Å². The Balaban J connectivity index is 1.65. The number of nitrogens with zero attached hydrogens (tertiary/aromatic N) is 5. The summed E-state index contributed by atoms with van der Waals surface area (Å²) < 4.78 is 3.60. The van der Waals surface area contributed by atoms with Crippen molar-refractivity contribution < 1.29 is 5.11 Å².